The Balaban J connectivity index is 1.51. The zero-order valence-electron chi connectivity index (χ0n) is 22.6. The highest BCUT2D eigenvalue weighted by atomic mass is 32.1. The predicted molar refractivity (Wildman–Crippen MR) is 184 cm³/mol. The van der Waals surface area contributed by atoms with Crippen molar-refractivity contribution in [1.82, 2.24) is 4.57 Å². The summed E-state index contributed by atoms with van der Waals surface area (Å²) in [5, 5.41) is 15.8. The van der Waals surface area contributed by atoms with Gasteiger partial charge in [-0.3, -0.25) is 0 Å². The van der Waals surface area contributed by atoms with Gasteiger partial charge in [0.1, 0.15) is 0 Å². The van der Waals surface area contributed by atoms with Crippen LogP contribution < -0.4 is 0 Å². The van der Waals surface area contributed by atoms with E-state index in [1.807, 2.05) is 11.3 Å². The van der Waals surface area contributed by atoms with E-state index in [1.165, 1.54) is 90.8 Å². The van der Waals surface area contributed by atoms with Crippen LogP contribution in [0.15, 0.2) is 140 Å². The minimum atomic E-state index is 1.20. The van der Waals surface area contributed by atoms with Crippen LogP contribution in [0.1, 0.15) is 0 Å². The van der Waals surface area contributed by atoms with Gasteiger partial charge in [0.15, 0.2) is 0 Å². The number of aromatic nitrogens is 1. The molecule has 10 aromatic rings. The van der Waals surface area contributed by atoms with E-state index in [0.29, 0.717) is 0 Å². The van der Waals surface area contributed by atoms with Crippen molar-refractivity contribution in [3.63, 3.8) is 0 Å². The summed E-state index contributed by atoms with van der Waals surface area (Å²) in [6, 6.07) is 51.6. The number of thiophene rings is 1. The Morgan fingerprint density at radius 1 is 0.357 bits per heavy atom. The van der Waals surface area contributed by atoms with Crippen molar-refractivity contribution in [2.24, 2.45) is 0 Å². The summed E-state index contributed by atoms with van der Waals surface area (Å²) in [7, 11) is 0. The molecule has 0 bridgehead atoms. The molecule has 0 saturated carbocycles. The minimum absolute atomic E-state index is 1.20. The van der Waals surface area contributed by atoms with Crippen molar-refractivity contribution in [1.29, 1.82) is 0 Å². The van der Waals surface area contributed by atoms with Crippen LogP contribution in [-0.4, -0.2) is 4.57 Å². The molecule has 0 aliphatic heterocycles. The number of para-hydroxylation sites is 1. The highest BCUT2D eigenvalue weighted by Gasteiger charge is 2.22. The van der Waals surface area contributed by atoms with Crippen LogP contribution in [-0.2, 0) is 0 Å². The van der Waals surface area contributed by atoms with Gasteiger partial charge in [-0.1, -0.05) is 109 Å². The molecular weight excluding hydrogens is 527 g/mol. The van der Waals surface area contributed by atoms with Gasteiger partial charge in [-0.05, 0) is 62.6 Å². The number of hydrogen-bond donors (Lipinski definition) is 0. The van der Waals surface area contributed by atoms with Gasteiger partial charge < -0.3 is 4.57 Å². The molecule has 194 valence electrons. The third kappa shape index (κ3) is 2.82. The number of rotatable bonds is 1. The predicted octanol–water partition coefficient (Wildman–Crippen LogP) is 11.8. The van der Waals surface area contributed by atoms with Gasteiger partial charge in [-0.2, -0.15) is 0 Å². The van der Waals surface area contributed by atoms with E-state index in [-0.39, 0.29) is 0 Å². The number of hydrogen-bond acceptors (Lipinski definition) is 1. The fraction of sp³-hybridized carbons (Fsp3) is 0. The van der Waals surface area contributed by atoms with Crippen molar-refractivity contribution in [3.05, 3.63) is 140 Å². The average molecular weight is 550 g/mol. The smallest absolute Gasteiger partial charge is 0.0626 e. The number of nitrogens with zero attached hydrogens (tertiary/aromatic N) is 1. The van der Waals surface area contributed by atoms with Crippen LogP contribution >= 0.6 is 11.3 Å². The van der Waals surface area contributed by atoms with Gasteiger partial charge in [0.25, 0.3) is 0 Å². The maximum Gasteiger partial charge on any atom is 0.0626 e. The largest absolute Gasteiger partial charge is 0.309 e. The van der Waals surface area contributed by atoms with Crippen molar-refractivity contribution in [2.45, 2.75) is 0 Å². The maximum atomic E-state index is 2.52. The molecule has 0 N–H and O–H groups in total. The Morgan fingerprint density at radius 2 is 0.881 bits per heavy atom. The Bertz CT molecular complexity index is 2740. The monoisotopic (exact) mass is 549 g/mol. The summed E-state index contributed by atoms with van der Waals surface area (Å²) in [5.41, 5.74) is 3.71. The fourth-order valence-corrected chi connectivity index (χ4v) is 8.54. The van der Waals surface area contributed by atoms with Gasteiger partial charge in [-0.25, -0.2) is 0 Å². The second kappa shape index (κ2) is 8.19. The topological polar surface area (TPSA) is 4.93 Å². The first kappa shape index (κ1) is 22.5. The first-order valence-corrected chi connectivity index (χ1v) is 15.3. The molecule has 10 rings (SSSR count). The summed E-state index contributed by atoms with van der Waals surface area (Å²) < 4.78 is 5.18. The van der Waals surface area contributed by atoms with Crippen molar-refractivity contribution in [3.8, 4) is 5.69 Å². The molecular formula is C40H23NS. The van der Waals surface area contributed by atoms with Crippen LogP contribution in [0, 0.1) is 0 Å². The Kier molecular flexibility index (Phi) is 4.39. The molecule has 0 aliphatic carbocycles. The van der Waals surface area contributed by atoms with Gasteiger partial charge in [0.2, 0.25) is 0 Å². The molecule has 0 radical (unpaired) electrons. The maximum absolute atomic E-state index is 2.52. The Hall–Kier alpha value is -5.18. The third-order valence-corrected chi connectivity index (χ3v) is 10.3. The van der Waals surface area contributed by atoms with Crippen molar-refractivity contribution in [2.75, 3.05) is 0 Å². The van der Waals surface area contributed by atoms with Gasteiger partial charge >= 0.3 is 0 Å². The zero-order valence-corrected chi connectivity index (χ0v) is 23.5. The number of fused-ring (bicyclic) bond motifs is 16. The highest BCUT2D eigenvalue weighted by molar-refractivity contribution is 7.25. The summed E-state index contributed by atoms with van der Waals surface area (Å²) in [5.74, 6) is 0. The fourth-order valence-electron chi connectivity index (χ4n) is 7.46. The normalized spacial score (nSPS) is 12.3. The van der Waals surface area contributed by atoms with Gasteiger partial charge in [-0.15, -0.1) is 11.3 Å². The standard InChI is InChI=1S/C40H23NS/c1-3-14-28-25(11-1)26-12-2-4-15-29(26)38-37(28)30-16-5-6-17-31(30)40-39(38)32-18-7-9-19-34(32)41(40)24-21-22-36-33(23-24)27-13-8-10-20-35(27)42-36/h1-23H. The Labute approximate surface area is 245 Å². The molecule has 0 saturated heterocycles. The van der Waals surface area contributed by atoms with E-state index in [4.69, 9.17) is 0 Å². The lowest BCUT2D eigenvalue weighted by molar-refractivity contribution is 1.19. The van der Waals surface area contributed by atoms with E-state index >= 15 is 0 Å². The molecule has 0 atom stereocenters. The van der Waals surface area contributed by atoms with Crippen LogP contribution in [0.4, 0.5) is 0 Å². The van der Waals surface area contributed by atoms with E-state index in [2.05, 4.69) is 144 Å². The first-order valence-electron chi connectivity index (χ1n) is 14.5. The SMILES string of the molecule is c1ccc2c(c1)sc1ccc(-n3c4ccccc4c4c5c6ccccc6c6ccccc6c5c5ccccc5c43)cc12. The van der Waals surface area contributed by atoms with Crippen LogP contribution in [0.3, 0.4) is 0 Å². The second-order valence-corrected chi connectivity index (χ2v) is 12.3. The molecule has 2 heteroatoms. The van der Waals surface area contributed by atoms with Crippen molar-refractivity contribution < 1.29 is 0 Å². The van der Waals surface area contributed by atoms with E-state index < -0.39 is 0 Å². The molecule has 2 aromatic heterocycles. The second-order valence-electron chi connectivity index (χ2n) is 11.2. The quantitative estimate of drug-likeness (QED) is 0.179. The first-order chi connectivity index (χ1) is 20.9. The van der Waals surface area contributed by atoms with Crippen molar-refractivity contribution >= 4 is 96.4 Å². The summed E-state index contributed by atoms with van der Waals surface area (Å²) >= 11 is 1.87. The lowest BCUT2D eigenvalue weighted by Gasteiger charge is -2.16. The van der Waals surface area contributed by atoms with Crippen LogP contribution in [0.2, 0.25) is 0 Å². The van der Waals surface area contributed by atoms with E-state index in [1.54, 1.807) is 0 Å². The van der Waals surface area contributed by atoms with Crippen LogP contribution in [0.25, 0.3) is 90.8 Å². The molecule has 42 heavy (non-hydrogen) atoms. The van der Waals surface area contributed by atoms with E-state index in [0.717, 1.165) is 0 Å². The van der Waals surface area contributed by atoms with Crippen LogP contribution in [0.5, 0.6) is 0 Å². The molecule has 1 nitrogen and oxygen atoms in total. The molecule has 8 aromatic carbocycles. The molecule has 0 fully saturated rings. The Morgan fingerprint density at radius 3 is 1.62 bits per heavy atom. The number of benzene rings is 8. The molecule has 0 spiro atoms. The van der Waals surface area contributed by atoms with E-state index in [9.17, 15) is 0 Å². The molecule has 0 aliphatic rings. The minimum Gasteiger partial charge on any atom is -0.309 e. The van der Waals surface area contributed by atoms with Gasteiger partial charge in [0.05, 0.1) is 11.0 Å². The zero-order chi connectivity index (χ0) is 27.4. The summed E-state index contributed by atoms with van der Waals surface area (Å²) in [4.78, 5) is 0. The summed E-state index contributed by atoms with van der Waals surface area (Å²) in [6.07, 6.45) is 0. The molecule has 0 unspecified atom stereocenters. The molecule has 2 heterocycles. The third-order valence-electron chi connectivity index (χ3n) is 9.13. The highest BCUT2D eigenvalue weighted by Crippen LogP contribution is 2.48. The lowest BCUT2D eigenvalue weighted by Crippen LogP contribution is -1.95. The molecule has 0 amide bonds. The lowest BCUT2D eigenvalue weighted by atomic mass is 9.88. The average Bonchev–Trinajstić information content (AvgIpc) is 3.60. The summed E-state index contributed by atoms with van der Waals surface area (Å²) in [6.45, 7) is 0. The van der Waals surface area contributed by atoms with Gasteiger partial charge in [0, 0.05) is 47.4 Å².